The Labute approximate surface area is 73.9 Å². The Hall–Kier alpha value is -1.05. The molecule has 2 heteroatoms. The summed E-state index contributed by atoms with van der Waals surface area (Å²) in [6.45, 7) is 9.62. The molecule has 68 valence electrons. The molecule has 0 aromatic heterocycles. The van der Waals surface area contributed by atoms with E-state index in [0.717, 1.165) is 6.42 Å². The monoisotopic (exact) mass is 168 g/mol. The van der Waals surface area contributed by atoms with E-state index in [9.17, 15) is 4.79 Å². The summed E-state index contributed by atoms with van der Waals surface area (Å²) in [7, 11) is 0. The van der Waals surface area contributed by atoms with Crippen LogP contribution >= 0.6 is 0 Å². The highest BCUT2D eigenvalue weighted by Gasteiger charge is 2.08. The van der Waals surface area contributed by atoms with Gasteiger partial charge in [-0.2, -0.15) is 0 Å². The van der Waals surface area contributed by atoms with Crippen LogP contribution < -0.4 is 0 Å². The SMILES string of the molecule is C=C(OCC)C(=O)C(C)=CCC. The van der Waals surface area contributed by atoms with Gasteiger partial charge in [-0.1, -0.05) is 19.6 Å². The van der Waals surface area contributed by atoms with Gasteiger partial charge < -0.3 is 4.74 Å². The van der Waals surface area contributed by atoms with Crippen LogP contribution in [-0.2, 0) is 9.53 Å². The Balaban J connectivity index is 4.19. The van der Waals surface area contributed by atoms with Crippen LogP contribution in [0.25, 0.3) is 0 Å². The van der Waals surface area contributed by atoms with E-state index in [1.165, 1.54) is 0 Å². The van der Waals surface area contributed by atoms with E-state index < -0.39 is 0 Å². The van der Waals surface area contributed by atoms with Gasteiger partial charge in [0.1, 0.15) is 0 Å². The summed E-state index contributed by atoms with van der Waals surface area (Å²) in [5, 5.41) is 0. The summed E-state index contributed by atoms with van der Waals surface area (Å²) in [5.74, 6) is 0.137. The summed E-state index contributed by atoms with van der Waals surface area (Å²) in [6, 6.07) is 0. The van der Waals surface area contributed by atoms with Crippen LogP contribution in [0.2, 0.25) is 0 Å². The van der Waals surface area contributed by atoms with E-state index in [1.807, 2.05) is 19.9 Å². The van der Waals surface area contributed by atoms with Crippen molar-refractivity contribution in [1.29, 1.82) is 0 Å². The minimum atomic E-state index is -0.0984. The predicted molar refractivity (Wildman–Crippen MR) is 49.8 cm³/mol. The molecule has 0 fully saturated rings. The number of carbonyl (C=O) groups is 1. The van der Waals surface area contributed by atoms with Crippen LogP contribution in [-0.4, -0.2) is 12.4 Å². The van der Waals surface area contributed by atoms with E-state index in [2.05, 4.69) is 6.58 Å². The van der Waals surface area contributed by atoms with Crippen molar-refractivity contribution in [1.82, 2.24) is 0 Å². The highest BCUT2D eigenvalue weighted by Crippen LogP contribution is 2.05. The third-order valence-electron chi connectivity index (χ3n) is 1.44. The number of hydrogen-bond acceptors (Lipinski definition) is 2. The second-order valence-corrected chi connectivity index (χ2v) is 2.48. The van der Waals surface area contributed by atoms with Crippen molar-refractivity contribution in [2.24, 2.45) is 0 Å². The van der Waals surface area contributed by atoms with Crippen molar-refractivity contribution < 1.29 is 9.53 Å². The normalized spacial score (nSPS) is 11.1. The maximum absolute atomic E-state index is 11.3. The van der Waals surface area contributed by atoms with Gasteiger partial charge >= 0.3 is 0 Å². The maximum atomic E-state index is 11.3. The van der Waals surface area contributed by atoms with Gasteiger partial charge in [0.2, 0.25) is 5.78 Å². The summed E-state index contributed by atoms with van der Waals surface area (Å²) < 4.78 is 4.99. The minimum Gasteiger partial charge on any atom is -0.490 e. The maximum Gasteiger partial charge on any atom is 0.222 e. The van der Waals surface area contributed by atoms with Crippen LogP contribution in [0.4, 0.5) is 0 Å². The molecular formula is C10H16O2. The van der Waals surface area contributed by atoms with Crippen LogP contribution in [0.1, 0.15) is 27.2 Å². The molecule has 0 aliphatic heterocycles. The van der Waals surface area contributed by atoms with Gasteiger partial charge in [0.25, 0.3) is 0 Å². The molecule has 0 unspecified atom stereocenters. The van der Waals surface area contributed by atoms with Crippen molar-refractivity contribution in [3.05, 3.63) is 24.0 Å². The molecule has 0 radical (unpaired) electrons. The molecule has 0 aliphatic carbocycles. The predicted octanol–water partition coefficient (Wildman–Crippen LogP) is 2.46. The Kier molecular flexibility index (Phi) is 5.09. The molecule has 0 aromatic carbocycles. The summed E-state index contributed by atoms with van der Waals surface area (Å²) in [4.78, 5) is 11.3. The average Bonchev–Trinajstić information content (AvgIpc) is 2.04. The summed E-state index contributed by atoms with van der Waals surface area (Å²) in [6.07, 6.45) is 2.73. The summed E-state index contributed by atoms with van der Waals surface area (Å²) >= 11 is 0. The standard InChI is InChI=1S/C10H16O2/c1-5-7-8(3)10(11)9(4)12-6-2/h7H,4-6H2,1-3H3. The van der Waals surface area contributed by atoms with E-state index in [-0.39, 0.29) is 11.5 Å². The molecule has 0 saturated carbocycles. The topological polar surface area (TPSA) is 26.3 Å². The van der Waals surface area contributed by atoms with E-state index in [0.29, 0.717) is 12.2 Å². The number of hydrogen-bond donors (Lipinski definition) is 0. The molecule has 0 aliphatic rings. The van der Waals surface area contributed by atoms with Gasteiger partial charge in [-0.25, -0.2) is 0 Å². The van der Waals surface area contributed by atoms with Gasteiger partial charge in [-0.3, -0.25) is 4.79 Å². The molecule has 0 spiro atoms. The lowest BCUT2D eigenvalue weighted by Crippen LogP contribution is -2.06. The molecule has 0 aromatic rings. The first kappa shape index (κ1) is 11.0. The van der Waals surface area contributed by atoms with Crippen LogP contribution in [0.3, 0.4) is 0 Å². The number of rotatable bonds is 5. The van der Waals surface area contributed by atoms with Gasteiger partial charge in [0, 0.05) is 0 Å². The van der Waals surface area contributed by atoms with Crippen molar-refractivity contribution in [2.45, 2.75) is 27.2 Å². The zero-order chi connectivity index (χ0) is 9.56. The highest BCUT2D eigenvalue weighted by atomic mass is 16.5. The molecule has 0 atom stereocenters. The first-order valence-corrected chi connectivity index (χ1v) is 4.16. The van der Waals surface area contributed by atoms with E-state index >= 15 is 0 Å². The van der Waals surface area contributed by atoms with Gasteiger partial charge in [0.15, 0.2) is 5.76 Å². The van der Waals surface area contributed by atoms with Crippen molar-refractivity contribution in [3.8, 4) is 0 Å². The number of Topliss-reactive ketones (excluding diaryl/α,β-unsaturated/α-hetero) is 1. The molecular weight excluding hydrogens is 152 g/mol. The Morgan fingerprint density at radius 3 is 2.50 bits per heavy atom. The quantitative estimate of drug-likeness (QED) is 0.465. The first-order chi connectivity index (χ1) is 5.63. The first-order valence-electron chi connectivity index (χ1n) is 4.16. The zero-order valence-electron chi connectivity index (χ0n) is 8.02. The van der Waals surface area contributed by atoms with Gasteiger partial charge in [-0.15, -0.1) is 0 Å². The van der Waals surface area contributed by atoms with Crippen molar-refractivity contribution >= 4 is 5.78 Å². The number of ether oxygens (including phenoxy) is 1. The third-order valence-corrected chi connectivity index (χ3v) is 1.44. The largest absolute Gasteiger partial charge is 0.490 e. The fraction of sp³-hybridized carbons (Fsp3) is 0.500. The number of carbonyl (C=O) groups excluding carboxylic acids is 1. The molecule has 0 bridgehead atoms. The third kappa shape index (κ3) is 3.37. The Morgan fingerprint density at radius 2 is 2.08 bits per heavy atom. The fourth-order valence-electron chi connectivity index (χ4n) is 0.859. The van der Waals surface area contributed by atoms with Gasteiger partial charge in [0.05, 0.1) is 6.61 Å². The molecule has 12 heavy (non-hydrogen) atoms. The zero-order valence-corrected chi connectivity index (χ0v) is 8.02. The lowest BCUT2D eigenvalue weighted by molar-refractivity contribution is -0.115. The van der Waals surface area contributed by atoms with Crippen LogP contribution in [0, 0.1) is 0 Å². The van der Waals surface area contributed by atoms with Crippen LogP contribution in [0.5, 0.6) is 0 Å². The second kappa shape index (κ2) is 5.58. The number of allylic oxidation sites excluding steroid dienone is 2. The van der Waals surface area contributed by atoms with Gasteiger partial charge in [-0.05, 0) is 25.8 Å². The lowest BCUT2D eigenvalue weighted by Gasteiger charge is -2.04. The Morgan fingerprint density at radius 1 is 1.50 bits per heavy atom. The molecule has 0 rings (SSSR count). The smallest absolute Gasteiger partial charge is 0.222 e. The van der Waals surface area contributed by atoms with E-state index in [4.69, 9.17) is 4.74 Å². The number of ketones is 1. The molecule has 0 saturated heterocycles. The van der Waals surface area contributed by atoms with Crippen molar-refractivity contribution in [3.63, 3.8) is 0 Å². The molecule has 0 heterocycles. The lowest BCUT2D eigenvalue weighted by atomic mass is 10.1. The fourth-order valence-corrected chi connectivity index (χ4v) is 0.859. The second-order valence-electron chi connectivity index (χ2n) is 2.48. The molecule has 0 N–H and O–H groups in total. The molecule has 2 nitrogen and oxygen atoms in total. The Bertz CT molecular complexity index is 202. The van der Waals surface area contributed by atoms with Crippen LogP contribution in [0.15, 0.2) is 24.0 Å². The van der Waals surface area contributed by atoms with E-state index in [1.54, 1.807) is 6.92 Å². The van der Waals surface area contributed by atoms with Crippen molar-refractivity contribution in [2.75, 3.05) is 6.61 Å². The molecule has 0 amide bonds. The minimum absolute atomic E-state index is 0.0984. The highest BCUT2D eigenvalue weighted by molar-refractivity contribution is 6.05. The summed E-state index contributed by atoms with van der Waals surface area (Å²) in [5.41, 5.74) is 0.705. The average molecular weight is 168 g/mol.